The second-order valence-electron chi connectivity index (χ2n) is 2.91. The predicted octanol–water partition coefficient (Wildman–Crippen LogP) is 1.58. The van der Waals surface area contributed by atoms with Crippen molar-refractivity contribution in [3.63, 3.8) is 0 Å². The Morgan fingerprint density at radius 3 is 2.50 bits per heavy atom. The summed E-state index contributed by atoms with van der Waals surface area (Å²) in [6.45, 7) is 2.73. The summed E-state index contributed by atoms with van der Waals surface area (Å²) in [5.74, 6) is -0.103. The van der Waals surface area contributed by atoms with Crippen molar-refractivity contribution >= 4 is 24.8 Å². The quantitative estimate of drug-likeness (QED) is 0.516. The SMILES string of the molecule is CCCC[N]C(=O)c1ccccc1.[LiH]. The zero-order chi connectivity index (χ0) is 9.52. The summed E-state index contributed by atoms with van der Waals surface area (Å²) in [6.07, 6.45) is 2.06. The van der Waals surface area contributed by atoms with Crippen LogP contribution < -0.4 is 5.32 Å². The van der Waals surface area contributed by atoms with Crippen molar-refractivity contribution in [1.82, 2.24) is 5.32 Å². The van der Waals surface area contributed by atoms with Crippen molar-refractivity contribution in [2.75, 3.05) is 6.54 Å². The third kappa shape index (κ3) is 4.50. The molecule has 0 bridgehead atoms. The molecule has 1 radical (unpaired) electrons. The first-order valence-electron chi connectivity index (χ1n) is 4.61. The zero-order valence-corrected chi connectivity index (χ0v) is 7.86. The van der Waals surface area contributed by atoms with Gasteiger partial charge in [0.1, 0.15) is 0 Å². The number of carbonyl (C=O) groups excluding carboxylic acids is 1. The van der Waals surface area contributed by atoms with Crippen LogP contribution >= 0.6 is 0 Å². The second-order valence-corrected chi connectivity index (χ2v) is 2.91. The van der Waals surface area contributed by atoms with Crippen LogP contribution in [0.25, 0.3) is 0 Å². The van der Waals surface area contributed by atoms with Crippen molar-refractivity contribution in [3.05, 3.63) is 35.9 Å². The molecule has 0 fully saturated rings. The van der Waals surface area contributed by atoms with E-state index in [4.69, 9.17) is 0 Å². The van der Waals surface area contributed by atoms with E-state index in [9.17, 15) is 4.79 Å². The van der Waals surface area contributed by atoms with Crippen LogP contribution in [0.1, 0.15) is 30.1 Å². The Morgan fingerprint density at radius 1 is 1.29 bits per heavy atom. The molecule has 1 amide bonds. The van der Waals surface area contributed by atoms with E-state index in [2.05, 4.69) is 12.2 Å². The van der Waals surface area contributed by atoms with Gasteiger partial charge in [0.05, 0.1) is 0 Å². The van der Waals surface area contributed by atoms with Gasteiger partial charge < -0.3 is 0 Å². The molecule has 2 nitrogen and oxygen atoms in total. The Labute approximate surface area is 97.3 Å². The van der Waals surface area contributed by atoms with E-state index < -0.39 is 0 Å². The summed E-state index contributed by atoms with van der Waals surface area (Å²) in [7, 11) is 0. The second kappa shape index (κ2) is 7.67. The average Bonchev–Trinajstić information content (AvgIpc) is 2.19. The topological polar surface area (TPSA) is 31.2 Å². The molecule has 71 valence electrons. The number of rotatable bonds is 4. The molecule has 0 N–H and O–H groups in total. The Hall–Kier alpha value is -0.713. The molecular weight excluding hydrogens is 169 g/mol. The molecular formula is C11H15LiNO. The summed E-state index contributed by atoms with van der Waals surface area (Å²) in [5, 5.41) is 3.95. The van der Waals surface area contributed by atoms with E-state index in [1.807, 2.05) is 18.2 Å². The third-order valence-corrected chi connectivity index (χ3v) is 1.79. The molecule has 0 atom stereocenters. The number of unbranched alkanes of at least 4 members (excludes halogenated alkanes) is 1. The molecule has 0 aliphatic rings. The van der Waals surface area contributed by atoms with Crippen LogP contribution in [0.4, 0.5) is 0 Å². The Kier molecular flexibility index (Phi) is 7.28. The standard InChI is InChI=1S/C11H14NO.Li.H/c1-2-3-9-12-11(13)10-7-5-4-6-8-10;;/h4-8H,2-3,9H2,1H3;;. The minimum atomic E-state index is -0.103. The molecule has 3 heteroatoms. The van der Waals surface area contributed by atoms with Gasteiger partial charge in [0.15, 0.2) is 0 Å². The maximum absolute atomic E-state index is 11.4. The van der Waals surface area contributed by atoms with E-state index in [1.165, 1.54) is 0 Å². The molecule has 1 aromatic carbocycles. The van der Waals surface area contributed by atoms with Crippen LogP contribution in [0.5, 0.6) is 0 Å². The van der Waals surface area contributed by atoms with E-state index in [-0.39, 0.29) is 24.8 Å². The molecule has 0 aromatic heterocycles. The molecule has 0 aliphatic carbocycles. The van der Waals surface area contributed by atoms with E-state index in [0.29, 0.717) is 12.1 Å². The minimum absolute atomic E-state index is 0. The van der Waals surface area contributed by atoms with Gasteiger partial charge in [-0.15, -0.1) is 0 Å². The third-order valence-electron chi connectivity index (χ3n) is 1.79. The van der Waals surface area contributed by atoms with Gasteiger partial charge in [0.2, 0.25) is 0 Å². The van der Waals surface area contributed by atoms with Gasteiger partial charge in [0.25, 0.3) is 5.91 Å². The van der Waals surface area contributed by atoms with Crippen molar-refractivity contribution in [2.45, 2.75) is 19.8 Å². The number of amides is 1. The van der Waals surface area contributed by atoms with Crippen LogP contribution in [-0.2, 0) is 0 Å². The molecule has 0 aliphatic heterocycles. The Balaban J connectivity index is 0.00000169. The predicted molar refractivity (Wildman–Crippen MR) is 59.8 cm³/mol. The fourth-order valence-electron chi connectivity index (χ4n) is 1.01. The van der Waals surface area contributed by atoms with Gasteiger partial charge in [-0.25, -0.2) is 5.32 Å². The maximum atomic E-state index is 11.4. The number of hydrogen-bond donors (Lipinski definition) is 0. The molecule has 0 unspecified atom stereocenters. The fourth-order valence-corrected chi connectivity index (χ4v) is 1.01. The normalized spacial score (nSPS) is 8.93. The summed E-state index contributed by atoms with van der Waals surface area (Å²) < 4.78 is 0. The molecule has 0 saturated carbocycles. The summed E-state index contributed by atoms with van der Waals surface area (Å²) in [5.41, 5.74) is 0.679. The van der Waals surface area contributed by atoms with E-state index >= 15 is 0 Å². The van der Waals surface area contributed by atoms with Crippen LogP contribution in [0, 0.1) is 0 Å². The number of nitrogens with zero attached hydrogens (tertiary/aromatic N) is 1. The number of carbonyl (C=O) groups is 1. The summed E-state index contributed by atoms with van der Waals surface area (Å²) in [6, 6.07) is 9.17. The van der Waals surface area contributed by atoms with Crippen LogP contribution in [0.15, 0.2) is 30.3 Å². The van der Waals surface area contributed by atoms with Crippen molar-refractivity contribution < 1.29 is 4.79 Å². The Bertz CT molecular complexity index is 261. The van der Waals surface area contributed by atoms with Crippen LogP contribution in [0.2, 0.25) is 0 Å². The monoisotopic (exact) mass is 184 g/mol. The molecule has 0 heterocycles. The van der Waals surface area contributed by atoms with Gasteiger partial charge in [-0.1, -0.05) is 31.5 Å². The van der Waals surface area contributed by atoms with Gasteiger partial charge in [-0.3, -0.25) is 4.79 Å². The van der Waals surface area contributed by atoms with E-state index in [1.54, 1.807) is 12.1 Å². The van der Waals surface area contributed by atoms with Gasteiger partial charge in [-0.2, -0.15) is 0 Å². The summed E-state index contributed by atoms with van der Waals surface area (Å²) >= 11 is 0. The van der Waals surface area contributed by atoms with E-state index in [0.717, 1.165) is 12.8 Å². The number of hydrogen-bond acceptors (Lipinski definition) is 1. The first kappa shape index (κ1) is 13.3. The van der Waals surface area contributed by atoms with Gasteiger partial charge in [-0.05, 0) is 18.6 Å². The van der Waals surface area contributed by atoms with Crippen LogP contribution in [0.3, 0.4) is 0 Å². The van der Waals surface area contributed by atoms with Crippen LogP contribution in [-0.4, -0.2) is 31.3 Å². The fraction of sp³-hybridized carbons (Fsp3) is 0.364. The van der Waals surface area contributed by atoms with Gasteiger partial charge in [0, 0.05) is 12.1 Å². The number of benzene rings is 1. The summed E-state index contributed by atoms with van der Waals surface area (Å²) in [4.78, 5) is 11.4. The van der Waals surface area contributed by atoms with Crippen molar-refractivity contribution in [1.29, 1.82) is 0 Å². The first-order valence-corrected chi connectivity index (χ1v) is 4.61. The van der Waals surface area contributed by atoms with Gasteiger partial charge >= 0.3 is 18.9 Å². The molecule has 1 aromatic rings. The molecule has 0 spiro atoms. The molecule has 1 rings (SSSR count). The first-order chi connectivity index (χ1) is 6.34. The molecule has 14 heavy (non-hydrogen) atoms. The zero-order valence-electron chi connectivity index (χ0n) is 7.86. The average molecular weight is 184 g/mol. The Morgan fingerprint density at radius 2 is 1.93 bits per heavy atom. The van der Waals surface area contributed by atoms with Crippen molar-refractivity contribution in [2.24, 2.45) is 0 Å². The van der Waals surface area contributed by atoms with Crippen molar-refractivity contribution in [3.8, 4) is 0 Å². The molecule has 0 saturated heterocycles.